The fourth-order valence-electron chi connectivity index (χ4n) is 1.03. The summed E-state index contributed by atoms with van der Waals surface area (Å²) in [6.45, 7) is 0. The molecule has 0 bridgehead atoms. The highest BCUT2D eigenvalue weighted by atomic mass is 16.3. The maximum absolute atomic E-state index is 9.60. The van der Waals surface area contributed by atoms with Gasteiger partial charge in [-0.25, -0.2) is 0 Å². The van der Waals surface area contributed by atoms with E-state index in [0.717, 1.165) is 5.56 Å². The Labute approximate surface area is 77.8 Å². The Morgan fingerprint density at radius 1 is 1.31 bits per heavy atom. The summed E-state index contributed by atoms with van der Waals surface area (Å²) in [5.41, 5.74) is 1.40. The molecule has 0 saturated heterocycles. The van der Waals surface area contributed by atoms with Crippen LogP contribution in [-0.4, -0.2) is 24.1 Å². The van der Waals surface area contributed by atoms with E-state index < -0.39 is 6.23 Å². The summed E-state index contributed by atoms with van der Waals surface area (Å²) in [6, 6.07) is 8.93. The average molecular weight is 176 g/mol. The number of benzene rings is 1. The molecule has 1 N–H and O–H groups in total. The highest BCUT2D eigenvalue weighted by molar-refractivity contribution is 5.32. The third kappa shape index (κ3) is 2.28. The first-order valence-corrected chi connectivity index (χ1v) is 3.99. The quantitative estimate of drug-likeness (QED) is 0.687. The van der Waals surface area contributed by atoms with Crippen LogP contribution < -0.4 is 0 Å². The third-order valence-electron chi connectivity index (χ3n) is 1.83. The number of rotatable bonds is 2. The second kappa shape index (κ2) is 4.04. The number of hydrogen-bond donors (Lipinski definition) is 1. The van der Waals surface area contributed by atoms with E-state index in [2.05, 4.69) is 0 Å². The monoisotopic (exact) mass is 176 g/mol. The van der Waals surface area contributed by atoms with E-state index in [4.69, 9.17) is 5.26 Å². The minimum Gasteiger partial charge on any atom is -0.374 e. The van der Waals surface area contributed by atoms with Crippen LogP contribution in [0.5, 0.6) is 0 Å². The molecule has 0 aromatic heterocycles. The first kappa shape index (κ1) is 9.72. The Morgan fingerprint density at radius 3 is 2.23 bits per heavy atom. The van der Waals surface area contributed by atoms with Gasteiger partial charge >= 0.3 is 0 Å². The fourth-order valence-corrected chi connectivity index (χ4v) is 1.03. The summed E-state index contributed by atoms with van der Waals surface area (Å²) in [4.78, 5) is 1.70. The lowest BCUT2D eigenvalue weighted by Crippen LogP contribution is -2.18. The van der Waals surface area contributed by atoms with E-state index in [1.165, 1.54) is 0 Å². The Hall–Kier alpha value is -1.37. The van der Waals surface area contributed by atoms with Gasteiger partial charge in [-0.1, -0.05) is 12.1 Å². The maximum Gasteiger partial charge on any atom is 0.133 e. The topological polar surface area (TPSA) is 47.3 Å². The van der Waals surface area contributed by atoms with Crippen molar-refractivity contribution in [2.45, 2.75) is 6.23 Å². The summed E-state index contributed by atoms with van der Waals surface area (Å²) < 4.78 is 0. The van der Waals surface area contributed by atoms with Crippen molar-refractivity contribution in [2.24, 2.45) is 0 Å². The number of nitriles is 1. The standard InChI is InChI=1S/C10H12N2O/c1-12(2)10(13)9-5-3-8(7-11)4-6-9/h3-6,10,13H,1-2H3. The van der Waals surface area contributed by atoms with Gasteiger partial charge in [-0.3, -0.25) is 4.90 Å². The van der Waals surface area contributed by atoms with E-state index >= 15 is 0 Å². The lowest BCUT2D eigenvalue weighted by Gasteiger charge is -2.18. The van der Waals surface area contributed by atoms with Gasteiger partial charge in [-0.05, 0) is 31.8 Å². The van der Waals surface area contributed by atoms with Gasteiger partial charge in [0.2, 0.25) is 0 Å². The van der Waals surface area contributed by atoms with Gasteiger partial charge in [0.1, 0.15) is 6.23 Å². The largest absolute Gasteiger partial charge is 0.374 e. The zero-order valence-corrected chi connectivity index (χ0v) is 7.73. The van der Waals surface area contributed by atoms with E-state index in [0.29, 0.717) is 5.56 Å². The molecule has 3 heteroatoms. The minimum absolute atomic E-state index is 0.604. The van der Waals surface area contributed by atoms with Crippen LogP contribution in [0.25, 0.3) is 0 Å². The molecular weight excluding hydrogens is 164 g/mol. The lowest BCUT2D eigenvalue weighted by molar-refractivity contribution is 0.0395. The number of aliphatic hydroxyl groups is 1. The summed E-state index contributed by atoms with van der Waals surface area (Å²) in [5.74, 6) is 0. The molecule has 0 spiro atoms. The van der Waals surface area contributed by atoms with Crippen LogP contribution in [0.15, 0.2) is 24.3 Å². The predicted molar refractivity (Wildman–Crippen MR) is 49.8 cm³/mol. The summed E-state index contributed by atoms with van der Waals surface area (Å²) in [7, 11) is 3.59. The van der Waals surface area contributed by atoms with Gasteiger partial charge in [-0.2, -0.15) is 5.26 Å². The third-order valence-corrected chi connectivity index (χ3v) is 1.83. The van der Waals surface area contributed by atoms with Crippen molar-refractivity contribution in [3.63, 3.8) is 0 Å². The van der Waals surface area contributed by atoms with Gasteiger partial charge in [0, 0.05) is 0 Å². The molecule has 1 rings (SSSR count). The lowest BCUT2D eigenvalue weighted by atomic mass is 10.1. The zero-order valence-electron chi connectivity index (χ0n) is 7.73. The van der Waals surface area contributed by atoms with Crippen molar-refractivity contribution in [1.82, 2.24) is 4.90 Å². The molecule has 1 atom stereocenters. The molecule has 0 aliphatic heterocycles. The number of aliphatic hydroxyl groups excluding tert-OH is 1. The van der Waals surface area contributed by atoms with Gasteiger partial charge in [0.05, 0.1) is 11.6 Å². The average Bonchev–Trinajstić information content (AvgIpc) is 2.17. The van der Waals surface area contributed by atoms with E-state index in [1.54, 1.807) is 43.3 Å². The minimum atomic E-state index is -0.604. The molecule has 0 heterocycles. The van der Waals surface area contributed by atoms with Crippen LogP contribution in [0, 0.1) is 11.3 Å². The van der Waals surface area contributed by atoms with Crippen LogP contribution in [0.3, 0.4) is 0 Å². The second-order valence-corrected chi connectivity index (χ2v) is 3.07. The van der Waals surface area contributed by atoms with Gasteiger partial charge in [-0.15, -0.1) is 0 Å². The van der Waals surface area contributed by atoms with E-state index in [1.807, 2.05) is 6.07 Å². The van der Waals surface area contributed by atoms with Gasteiger partial charge in [0.15, 0.2) is 0 Å². The van der Waals surface area contributed by atoms with Crippen molar-refractivity contribution >= 4 is 0 Å². The highest BCUT2D eigenvalue weighted by Gasteiger charge is 2.08. The summed E-state index contributed by atoms with van der Waals surface area (Å²) >= 11 is 0. The Balaban J connectivity index is 2.87. The first-order chi connectivity index (χ1) is 6.15. The molecule has 1 aromatic carbocycles. The molecule has 0 aliphatic rings. The fraction of sp³-hybridized carbons (Fsp3) is 0.300. The summed E-state index contributed by atoms with van der Waals surface area (Å²) in [6.07, 6.45) is -0.604. The second-order valence-electron chi connectivity index (χ2n) is 3.07. The molecule has 0 amide bonds. The molecule has 3 nitrogen and oxygen atoms in total. The molecule has 13 heavy (non-hydrogen) atoms. The Bertz CT molecular complexity index is 311. The predicted octanol–water partition coefficient (Wildman–Crippen LogP) is 1.11. The smallest absolute Gasteiger partial charge is 0.133 e. The Morgan fingerprint density at radius 2 is 1.85 bits per heavy atom. The van der Waals surface area contributed by atoms with Crippen molar-refractivity contribution in [2.75, 3.05) is 14.1 Å². The van der Waals surface area contributed by atoms with Crippen LogP contribution in [-0.2, 0) is 0 Å². The van der Waals surface area contributed by atoms with Crippen LogP contribution >= 0.6 is 0 Å². The zero-order chi connectivity index (χ0) is 9.84. The first-order valence-electron chi connectivity index (χ1n) is 3.99. The van der Waals surface area contributed by atoms with Crippen molar-refractivity contribution < 1.29 is 5.11 Å². The molecule has 1 aromatic rings. The van der Waals surface area contributed by atoms with Crippen molar-refractivity contribution in [3.8, 4) is 6.07 Å². The molecule has 68 valence electrons. The van der Waals surface area contributed by atoms with Crippen LogP contribution in [0.2, 0.25) is 0 Å². The van der Waals surface area contributed by atoms with Gasteiger partial charge < -0.3 is 5.11 Å². The van der Waals surface area contributed by atoms with E-state index in [9.17, 15) is 5.11 Å². The maximum atomic E-state index is 9.60. The molecule has 0 radical (unpaired) electrons. The molecule has 1 unspecified atom stereocenters. The normalized spacial score (nSPS) is 12.5. The molecule has 0 fully saturated rings. The highest BCUT2D eigenvalue weighted by Crippen LogP contribution is 2.14. The SMILES string of the molecule is CN(C)C(O)c1ccc(C#N)cc1. The van der Waals surface area contributed by atoms with Crippen LogP contribution in [0.1, 0.15) is 17.4 Å². The van der Waals surface area contributed by atoms with Crippen molar-refractivity contribution in [1.29, 1.82) is 5.26 Å². The molecule has 0 aliphatic carbocycles. The number of hydrogen-bond acceptors (Lipinski definition) is 3. The van der Waals surface area contributed by atoms with E-state index in [-0.39, 0.29) is 0 Å². The number of nitrogens with zero attached hydrogens (tertiary/aromatic N) is 2. The molecule has 0 saturated carbocycles. The molecular formula is C10H12N2O. The Kier molecular flexibility index (Phi) is 3.02. The van der Waals surface area contributed by atoms with Crippen LogP contribution in [0.4, 0.5) is 0 Å². The summed E-state index contributed by atoms with van der Waals surface area (Å²) in [5, 5.41) is 18.2. The van der Waals surface area contributed by atoms with Crippen molar-refractivity contribution in [3.05, 3.63) is 35.4 Å². The van der Waals surface area contributed by atoms with Gasteiger partial charge in [0.25, 0.3) is 0 Å².